The van der Waals surface area contributed by atoms with E-state index >= 15 is 0 Å². The lowest BCUT2D eigenvalue weighted by Gasteiger charge is -2.21. The highest BCUT2D eigenvalue weighted by atomic mass is 32.2. The van der Waals surface area contributed by atoms with Crippen LogP contribution in [0.15, 0.2) is 29.2 Å². The van der Waals surface area contributed by atoms with Crippen LogP contribution in [-0.2, 0) is 24.3 Å². The summed E-state index contributed by atoms with van der Waals surface area (Å²) < 4.78 is 36.6. The van der Waals surface area contributed by atoms with Crippen molar-refractivity contribution in [2.75, 3.05) is 33.4 Å². The minimum Gasteiger partial charge on any atom is -0.465 e. The molecule has 8 nitrogen and oxygen atoms in total. The van der Waals surface area contributed by atoms with Gasteiger partial charge in [-0.2, -0.15) is 0 Å². The fourth-order valence-electron chi connectivity index (χ4n) is 2.15. The minimum atomic E-state index is -3.63. The summed E-state index contributed by atoms with van der Waals surface area (Å²) in [5.41, 5.74) is 0.272. The van der Waals surface area contributed by atoms with E-state index in [1.807, 2.05) is 0 Å². The van der Waals surface area contributed by atoms with Gasteiger partial charge < -0.3 is 14.4 Å². The van der Waals surface area contributed by atoms with Crippen molar-refractivity contribution in [3.8, 4) is 0 Å². The van der Waals surface area contributed by atoms with E-state index in [-0.39, 0.29) is 42.8 Å². The Bertz CT molecular complexity index is 700. The molecule has 9 heteroatoms. The van der Waals surface area contributed by atoms with Gasteiger partial charge in [-0.3, -0.25) is 9.59 Å². The largest absolute Gasteiger partial charge is 0.465 e. The molecule has 0 heterocycles. The number of methoxy groups -OCH3 is 1. The summed E-state index contributed by atoms with van der Waals surface area (Å²) >= 11 is 0. The molecule has 0 aliphatic carbocycles. The number of esters is 1. The summed E-state index contributed by atoms with van der Waals surface area (Å²) in [7, 11) is -2.14. The van der Waals surface area contributed by atoms with Crippen molar-refractivity contribution >= 4 is 21.9 Å². The summed E-state index contributed by atoms with van der Waals surface area (Å²) in [5, 5.41) is 0. The van der Waals surface area contributed by atoms with E-state index in [4.69, 9.17) is 9.47 Å². The molecule has 26 heavy (non-hydrogen) atoms. The Kier molecular flexibility index (Phi) is 8.70. The number of sulfonamides is 1. The lowest BCUT2D eigenvalue weighted by Crippen LogP contribution is -2.38. The van der Waals surface area contributed by atoms with Crippen molar-refractivity contribution in [1.82, 2.24) is 9.62 Å². The quantitative estimate of drug-likeness (QED) is 0.603. The number of carbonyl (C=O) groups excluding carboxylic acids is 2. The van der Waals surface area contributed by atoms with Gasteiger partial charge in [-0.25, -0.2) is 13.1 Å². The first-order chi connectivity index (χ1) is 12.2. The van der Waals surface area contributed by atoms with E-state index in [2.05, 4.69) is 4.72 Å². The second-order valence-electron chi connectivity index (χ2n) is 5.82. The number of nitrogens with zero attached hydrogens (tertiary/aromatic N) is 1. The van der Waals surface area contributed by atoms with E-state index in [0.29, 0.717) is 0 Å². The topological polar surface area (TPSA) is 102 Å². The summed E-state index contributed by atoms with van der Waals surface area (Å²) in [6, 6.07) is 5.31. The SMILES string of the molecule is CCOC(=O)CN(CCOC)C(=O)c1ccc(S(=O)(=O)NC(C)C)cc1. The highest BCUT2D eigenvalue weighted by Gasteiger charge is 2.21. The monoisotopic (exact) mass is 386 g/mol. The van der Waals surface area contributed by atoms with Crippen molar-refractivity contribution in [3.63, 3.8) is 0 Å². The molecular weight excluding hydrogens is 360 g/mol. The molecule has 1 amide bonds. The fraction of sp³-hybridized carbons (Fsp3) is 0.529. The number of hydrogen-bond acceptors (Lipinski definition) is 6. The zero-order valence-electron chi connectivity index (χ0n) is 15.5. The smallest absolute Gasteiger partial charge is 0.325 e. The van der Waals surface area contributed by atoms with Crippen LogP contribution in [0.1, 0.15) is 31.1 Å². The molecule has 0 bridgehead atoms. The number of nitrogens with one attached hydrogen (secondary N) is 1. The molecule has 0 spiro atoms. The van der Waals surface area contributed by atoms with Gasteiger partial charge in [-0.15, -0.1) is 0 Å². The van der Waals surface area contributed by atoms with Crippen LogP contribution in [-0.4, -0.2) is 64.6 Å². The number of hydrogen-bond donors (Lipinski definition) is 1. The Morgan fingerprint density at radius 1 is 1.19 bits per heavy atom. The number of rotatable bonds is 10. The maximum Gasteiger partial charge on any atom is 0.325 e. The first kappa shape index (κ1) is 22.1. The maximum atomic E-state index is 12.6. The van der Waals surface area contributed by atoms with E-state index in [1.54, 1.807) is 20.8 Å². The second-order valence-corrected chi connectivity index (χ2v) is 7.54. The molecule has 1 rings (SSSR count). The molecule has 0 aliphatic heterocycles. The molecular formula is C17H26N2O6S. The van der Waals surface area contributed by atoms with E-state index < -0.39 is 21.9 Å². The van der Waals surface area contributed by atoms with Gasteiger partial charge in [0.2, 0.25) is 10.0 Å². The standard InChI is InChI=1S/C17H26N2O6S/c1-5-25-16(20)12-19(10-11-24-4)17(21)14-6-8-15(9-7-14)26(22,23)18-13(2)3/h6-9,13,18H,5,10-12H2,1-4H3. The predicted octanol–water partition coefficient (Wildman–Crippen LogP) is 1.03. The third-order valence-corrected chi connectivity index (χ3v) is 4.95. The molecule has 0 aromatic heterocycles. The number of carbonyl (C=O) groups is 2. The predicted molar refractivity (Wildman–Crippen MR) is 96.3 cm³/mol. The van der Waals surface area contributed by atoms with Crippen molar-refractivity contribution < 1.29 is 27.5 Å². The van der Waals surface area contributed by atoms with Crippen LogP contribution in [0, 0.1) is 0 Å². The molecule has 0 radical (unpaired) electrons. The molecule has 0 saturated heterocycles. The Morgan fingerprint density at radius 2 is 1.81 bits per heavy atom. The van der Waals surface area contributed by atoms with Gasteiger partial charge in [-0.1, -0.05) is 0 Å². The summed E-state index contributed by atoms with van der Waals surface area (Å²) in [5.74, 6) is -0.923. The van der Waals surface area contributed by atoms with Gasteiger partial charge in [0.15, 0.2) is 0 Å². The van der Waals surface area contributed by atoms with Crippen LogP contribution in [0.5, 0.6) is 0 Å². The Labute approximate surface area is 154 Å². The molecule has 0 atom stereocenters. The van der Waals surface area contributed by atoms with Crippen molar-refractivity contribution in [2.45, 2.75) is 31.7 Å². The first-order valence-corrected chi connectivity index (χ1v) is 9.75. The van der Waals surface area contributed by atoms with Gasteiger partial charge in [0.1, 0.15) is 6.54 Å². The number of benzene rings is 1. The third kappa shape index (κ3) is 6.74. The maximum absolute atomic E-state index is 12.6. The van der Waals surface area contributed by atoms with Gasteiger partial charge in [-0.05, 0) is 45.0 Å². The summed E-state index contributed by atoms with van der Waals surface area (Å²) in [4.78, 5) is 25.7. The van der Waals surface area contributed by atoms with Crippen molar-refractivity contribution in [1.29, 1.82) is 0 Å². The average Bonchev–Trinajstić information content (AvgIpc) is 2.57. The summed E-state index contributed by atoms with van der Waals surface area (Å²) in [6.07, 6.45) is 0. The lowest BCUT2D eigenvalue weighted by molar-refractivity contribution is -0.143. The molecule has 0 aliphatic rings. The number of ether oxygens (including phenoxy) is 2. The Balaban J connectivity index is 2.96. The van der Waals surface area contributed by atoms with E-state index in [1.165, 1.54) is 36.3 Å². The third-order valence-electron chi connectivity index (χ3n) is 3.28. The van der Waals surface area contributed by atoms with Gasteiger partial charge in [0, 0.05) is 25.3 Å². The van der Waals surface area contributed by atoms with Gasteiger partial charge in [0.05, 0.1) is 18.1 Å². The zero-order chi connectivity index (χ0) is 19.7. The van der Waals surface area contributed by atoms with Crippen LogP contribution < -0.4 is 4.72 Å². The Morgan fingerprint density at radius 3 is 2.31 bits per heavy atom. The van der Waals surface area contributed by atoms with Crippen LogP contribution in [0.25, 0.3) is 0 Å². The lowest BCUT2D eigenvalue weighted by atomic mass is 10.2. The first-order valence-electron chi connectivity index (χ1n) is 8.27. The van der Waals surface area contributed by atoms with Gasteiger partial charge in [0.25, 0.3) is 5.91 Å². The molecule has 1 aromatic rings. The highest BCUT2D eigenvalue weighted by Crippen LogP contribution is 2.13. The normalized spacial score (nSPS) is 11.4. The molecule has 1 aromatic carbocycles. The molecule has 1 N–H and O–H groups in total. The van der Waals surface area contributed by atoms with Crippen molar-refractivity contribution in [2.24, 2.45) is 0 Å². The second kappa shape index (κ2) is 10.2. The average molecular weight is 386 g/mol. The van der Waals surface area contributed by atoms with Crippen molar-refractivity contribution in [3.05, 3.63) is 29.8 Å². The molecule has 0 fully saturated rings. The van der Waals surface area contributed by atoms with E-state index in [9.17, 15) is 18.0 Å². The molecule has 0 unspecified atom stereocenters. The number of amides is 1. The van der Waals surface area contributed by atoms with Crippen LogP contribution in [0.4, 0.5) is 0 Å². The zero-order valence-corrected chi connectivity index (χ0v) is 16.3. The van der Waals surface area contributed by atoms with E-state index in [0.717, 1.165) is 0 Å². The van der Waals surface area contributed by atoms with Crippen LogP contribution in [0.3, 0.4) is 0 Å². The highest BCUT2D eigenvalue weighted by molar-refractivity contribution is 7.89. The van der Waals surface area contributed by atoms with Gasteiger partial charge >= 0.3 is 5.97 Å². The molecule has 0 saturated carbocycles. The molecule has 146 valence electrons. The Hall–Kier alpha value is -1.97. The summed E-state index contributed by atoms with van der Waals surface area (Å²) in [6.45, 7) is 5.62. The minimum absolute atomic E-state index is 0.0663. The fourth-order valence-corrected chi connectivity index (χ4v) is 3.41. The van der Waals surface area contributed by atoms with Crippen LogP contribution in [0.2, 0.25) is 0 Å². The van der Waals surface area contributed by atoms with Crippen LogP contribution >= 0.6 is 0 Å².